The van der Waals surface area contributed by atoms with Gasteiger partial charge in [0.1, 0.15) is 0 Å². The summed E-state index contributed by atoms with van der Waals surface area (Å²) in [5.74, 6) is 1.21. The van der Waals surface area contributed by atoms with Gasteiger partial charge in [-0.3, -0.25) is 4.79 Å². The summed E-state index contributed by atoms with van der Waals surface area (Å²) in [7, 11) is 0. The second kappa shape index (κ2) is 8.10. The van der Waals surface area contributed by atoms with Crippen molar-refractivity contribution in [2.24, 2.45) is 0 Å². The van der Waals surface area contributed by atoms with Crippen molar-refractivity contribution >= 4 is 23.4 Å². The van der Waals surface area contributed by atoms with Gasteiger partial charge in [-0.15, -0.1) is 11.8 Å². The Morgan fingerprint density at radius 3 is 2.63 bits per heavy atom. The van der Waals surface area contributed by atoms with Gasteiger partial charge < -0.3 is 10.6 Å². The van der Waals surface area contributed by atoms with Gasteiger partial charge >= 0.3 is 0 Å². The number of hydrogen-bond donors (Lipinski definition) is 1. The summed E-state index contributed by atoms with van der Waals surface area (Å²) in [6, 6.07) is 5.98. The monoisotopic (exact) mass is 280 g/mol. The van der Waals surface area contributed by atoms with E-state index in [1.807, 2.05) is 37.8 Å². The SMILES string of the molecule is CCN(CC)C(=O)CCCSc1cccc(N)c1C. The van der Waals surface area contributed by atoms with Crippen LogP contribution in [0.2, 0.25) is 0 Å². The Morgan fingerprint density at radius 1 is 1.32 bits per heavy atom. The smallest absolute Gasteiger partial charge is 0.222 e. The highest BCUT2D eigenvalue weighted by Gasteiger charge is 2.09. The first-order valence-corrected chi connectivity index (χ1v) is 7.84. The molecule has 0 aliphatic heterocycles. The van der Waals surface area contributed by atoms with Crippen molar-refractivity contribution in [3.8, 4) is 0 Å². The fraction of sp³-hybridized carbons (Fsp3) is 0.533. The predicted octanol–water partition coefficient (Wildman–Crippen LogP) is 3.32. The van der Waals surface area contributed by atoms with Crippen LogP contribution in [0.4, 0.5) is 5.69 Å². The Kier molecular flexibility index (Phi) is 6.78. The van der Waals surface area contributed by atoms with Crippen molar-refractivity contribution in [3.63, 3.8) is 0 Å². The van der Waals surface area contributed by atoms with Gasteiger partial charge in [-0.2, -0.15) is 0 Å². The lowest BCUT2D eigenvalue weighted by Gasteiger charge is -2.18. The first kappa shape index (κ1) is 15.9. The first-order valence-electron chi connectivity index (χ1n) is 6.85. The number of nitrogens with zero attached hydrogens (tertiary/aromatic N) is 1. The summed E-state index contributed by atoms with van der Waals surface area (Å²) in [5, 5.41) is 0. The zero-order chi connectivity index (χ0) is 14.3. The van der Waals surface area contributed by atoms with Crippen LogP contribution in [-0.4, -0.2) is 29.6 Å². The van der Waals surface area contributed by atoms with Crippen LogP contribution in [0.1, 0.15) is 32.3 Å². The van der Waals surface area contributed by atoms with Gasteiger partial charge in [0.15, 0.2) is 0 Å². The van der Waals surface area contributed by atoms with Gasteiger partial charge in [-0.05, 0) is 50.6 Å². The molecule has 0 unspecified atom stereocenters. The minimum absolute atomic E-state index is 0.259. The van der Waals surface area contributed by atoms with Crippen molar-refractivity contribution in [1.82, 2.24) is 4.90 Å². The molecule has 0 spiro atoms. The highest BCUT2D eigenvalue weighted by atomic mass is 32.2. The lowest BCUT2D eigenvalue weighted by Crippen LogP contribution is -2.30. The molecule has 1 rings (SSSR count). The third kappa shape index (κ3) is 4.78. The number of nitrogen functional groups attached to an aromatic ring is 1. The van der Waals surface area contributed by atoms with Gasteiger partial charge in [-0.25, -0.2) is 0 Å². The van der Waals surface area contributed by atoms with E-state index in [0.717, 1.165) is 36.5 Å². The van der Waals surface area contributed by atoms with E-state index in [0.29, 0.717) is 6.42 Å². The summed E-state index contributed by atoms with van der Waals surface area (Å²) in [4.78, 5) is 14.9. The minimum atomic E-state index is 0.259. The molecular formula is C15H24N2OS. The number of carbonyl (C=O) groups excluding carboxylic acids is 1. The molecule has 1 amide bonds. The molecule has 3 nitrogen and oxygen atoms in total. The molecule has 4 heteroatoms. The molecule has 1 aromatic rings. The summed E-state index contributed by atoms with van der Waals surface area (Å²) in [6.07, 6.45) is 1.55. The predicted molar refractivity (Wildman–Crippen MR) is 83.5 cm³/mol. The Labute approximate surface area is 120 Å². The summed E-state index contributed by atoms with van der Waals surface area (Å²) >= 11 is 1.78. The highest BCUT2D eigenvalue weighted by Crippen LogP contribution is 2.26. The van der Waals surface area contributed by atoms with Crippen molar-refractivity contribution < 1.29 is 4.79 Å². The van der Waals surface area contributed by atoms with Crippen LogP contribution in [-0.2, 0) is 4.79 Å². The molecule has 0 saturated heterocycles. The largest absolute Gasteiger partial charge is 0.398 e. The Hall–Kier alpha value is -1.16. The van der Waals surface area contributed by atoms with Crippen LogP contribution in [0, 0.1) is 6.92 Å². The van der Waals surface area contributed by atoms with Gasteiger partial charge in [0.25, 0.3) is 0 Å². The topological polar surface area (TPSA) is 46.3 Å². The molecule has 0 aliphatic rings. The summed E-state index contributed by atoms with van der Waals surface area (Å²) in [6.45, 7) is 7.69. The molecule has 0 fully saturated rings. The number of amides is 1. The normalized spacial score (nSPS) is 10.5. The van der Waals surface area contributed by atoms with Gasteiger partial charge in [0, 0.05) is 30.1 Å². The first-order chi connectivity index (χ1) is 9.10. The van der Waals surface area contributed by atoms with Crippen LogP contribution in [0.25, 0.3) is 0 Å². The Balaban J connectivity index is 2.35. The van der Waals surface area contributed by atoms with Crippen LogP contribution >= 0.6 is 11.8 Å². The van der Waals surface area contributed by atoms with E-state index >= 15 is 0 Å². The molecule has 0 aromatic heterocycles. The van der Waals surface area contributed by atoms with Crippen molar-refractivity contribution in [2.75, 3.05) is 24.6 Å². The number of hydrogen-bond acceptors (Lipinski definition) is 3. The van der Waals surface area contributed by atoms with E-state index in [2.05, 4.69) is 6.07 Å². The molecule has 0 aliphatic carbocycles. The van der Waals surface area contributed by atoms with Crippen LogP contribution in [0.3, 0.4) is 0 Å². The van der Waals surface area contributed by atoms with E-state index in [4.69, 9.17) is 5.73 Å². The van der Waals surface area contributed by atoms with Crippen molar-refractivity contribution in [2.45, 2.75) is 38.5 Å². The van der Waals surface area contributed by atoms with E-state index < -0.39 is 0 Å². The fourth-order valence-electron chi connectivity index (χ4n) is 1.93. The van der Waals surface area contributed by atoms with Gasteiger partial charge in [0.05, 0.1) is 0 Å². The quantitative estimate of drug-likeness (QED) is 0.473. The zero-order valence-corrected chi connectivity index (χ0v) is 12.9. The van der Waals surface area contributed by atoms with E-state index in [9.17, 15) is 4.79 Å². The third-order valence-corrected chi connectivity index (χ3v) is 4.48. The lowest BCUT2D eigenvalue weighted by atomic mass is 10.2. The molecule has 19 heavy (non-hydrogen) atoms. The molecule has 2 N–H and O–H groups in total. The molecule has 0 bridgehead atoms. The maximum absolute atomic E-state index is 11.8. The molecule has 0 radical (unpaired) electrons. The average molecular weight is 280 g/mol. The third-order valence-electron chi connectivity index (χ3n) is 3.23. The highest BCUT2D eigenvalue weighted by molar-refractivity contribution is 7.99. The molecule has 1 aromatic carbocycles. The average Bonchev–Trinajstić information content (AvgIpc) is 2.40. The minimum Gasteiger partial charge on any atom is -0.398 e. The standard InChI is InChI=1S/C15H24N2OS/c1-4-17(5-2)15(18)10-7-11-19-14-9-6-8-13(16)12(14)3/h6,8-9H,4-5,7,10-11,16H2,1-3H3. The summed E-state index contributed by atoms with van der Waals surface area (Å²) < 4.78 is 0. The summed E-state index contributed by atoms with van der Waals surface area (Å²) in [5.41, 5.74) is 7.85. The van der Waals surface area contributed by atoms with Crippen molar-refractivity contribution in [1.29, 1.82) is 0 Å². The molecule has 0 atom stereocenters. The maximum Gasteiger partial charge on any atom is 0.222 e. The molecule has 0 saturated carbocycles. The molecule has 0 heterocycles. The number of carbonyl (C=O) groups is 1. The number of nitrogens with two attached hydrogens (primary N) is 1. The fourth-order valence-corrected chi connectivity index (χ4v) is 2.95. The second-order valence-corrected chi connectivity index (χ2v) is 5.63. The Bertz CT molecular complexity index is 417. The molecular weight excluding hydrogens is 256 g/mol. The van der Waals surface area contributed by atoms with Gasteiger partial charge in [0.2, 0.25) is 5.91 Å². The maximum atomic E-state index is 11.8. The molecule has 106 valence electrons. The van der Waals surface area contributed by atoms with Crippen LogP contribution < -0.4 is 5.73 Å². The number of benzene rings is 1. The van der Waals surface area contributed by atoms with Crippen LogP contribution in [0.5, 0.6) is 0 Å². The van der Waals surface area contributed by atoms with Crippen LogP contribution in [0.15, 0.2) is 23.1 Å². The zero-order valence-electron chi connectivity index (χ0n) is 12.1. The Morgan fingerprint density at radius 2 is 2.00 bits per heavy atom. The lowest BCUT2D eigenvalue weighted by molar-refractivity contribution is -0.130. The van der Waals surface area contributed by atoms with Gasteiger partial charge in [-0.1, -0.05) is 6.07 Å². The van der Waals surface area contributed by atoms with E-state index in [1.54, 1.807) is 11.8 Å². The van der Waals surface area contributed by atoms with E-state index in [1.165, 1.54) is 4.90 Å². The second-order valence-electron chi connectivity index (χ2n) is 4.49. The van der Waals surface area contributed by atoms with Crippen molar-refractivity contribution in [3.05, 3.63) is 23.8 Å². The number of rotatable bonds is 7. The number of thioether (sulfide) groups is 1. The van der Waals surface area contributed by atoms with E-state index in [-0.39, 0.29) is 5.91 Å². The number of anilines is 1.